The van der Waals surface area contributed by atoms with E-state index in [1.54, 1.807) is 0 Å². The van der Waals surface area contributed by atoms with Crippen LogP contribution in [0.4, 0.5) is 5.82 Å². The molecule has 2 saturated heterocycles. The van der Waals surface area contributed by atoms with E-state index in [1.165, 1.54) is 28.2 Å². The SMILES string of the molecule is Nc1nc(SCCN2CCN(Cc3ccccc3)CC2)nc2c1ncn2[C@@H]1O[C@H](CO)C(O)C1O. The van der Waals surface area contributed by atoms with Crippen LogP contribution in [0.2, 0.25) is 0 Å². The van der Waals surface area contributed by atoms with Gasteiger partial charge in [-0.15, -0.1) is 0 Å². The van der Waals surface area contributed by atoms with Crippen LogP contribution in [0.15, 0.2) is 41.8 Å². The van der Waals surface area contributed by atoms with Crippen LogP contribution in [-0.4, -0.2) is 108 Å². The van der Waals surface area contributed by atoms with E-state index in [1.807, 2.05) is 6.07 Å². The highest BCUT2D eigenvalue weighted by atomic mass is 32.2. The summed E-state index contributed by atoms with van der Waals surface area (Å²) >= 11 is 1.52. The fourth-order valence-electron chi connectivity index (χ4n) is 4.56. The smallest absolute Gasteiger partial charge is 0.191 e. The van der Waals surface area contributed by atoms with Crippen molar-refractivity contribution >= 4 is 28.7 Å². The zero-order chi connectivity index (χ0) is 24.4. The van der Waals surface area contributed by atoms with Gasteiger partial charge < -0.3 is 25.8 Å². The third-order valence-corrected chi connectivity index (χ3v) is 7.40. The van der Waals surface area contributed by atoms with Gasteiger partial charge in [0, 0.05) is 45.0 Å². The Morgan fingerprint density at radius 1 is 1.03 bits per heavy atom. The van der Waals surface area contributed by atoms with Crippen LogP contribution in [0.1, 0.15) is 11.8 Å². The zero-order valence-corrected chi connectivity index (χ0v) is 20.2. The molecule has 0 amide bonds. The largest absolute Gasteiger partial charge is 0.394 e. The van der Waals surface area contributed by atoms with Crippen molar-refractivity contribution in [1.82, 2.24) is 29.3 Å². The molecule has 4 heterocycles. The molecule has 4 atom stereocenters. The summed E-state index contributed by atoms with van der Waals surface area (Å²) < 4.78 is 7.16. The second kappa shape index (κ2) is 10.7. The Morgan fingerprint density at radius 3 is 2.49 bits per heavy atom. The van der Waals surface area contributed by atoms with Gasteiger partial charge >= 0.3 is 0 Å². The Labute approximate surface area is 207 Å². The summed E-state index contributed by atoms with van der Waals surface area (Å²) in [5.74, 6) is 1.06. The molecule has 2 fully saturated rings. The Balaban J connectivity index is 1.17. The minimum absolute atomic E-state index is 0.248. The van der Waals surface area contributed by atoms with Crippen LogP contribution in [-0.2, 0) is 11.3 Å². The first-order chi connectivity index (χ1) is 17.0. The van der Waals surface area contributed by atoms with Gasteiger partial charge in [-0.1, -0.05) is 42.1 Å². The molecule has 2 aliphatic heterocycles. The van der Waals surface area contributed by atoms with E-state index in [0.717, 1.165) is 45.0 Å². The topological polar surface area (TPSA) is 146 Å². The second-order valence-corrected chi connectivity index (χ2v) is 9.96. The van der Waals surface area contributed by atoms with Crippen molar-refractivity contribution in [2.24, 2.45) is 0 Å². The van der Waals surface area contributed by atoms with Gasteiger partial charge in [0.1, 0.15) is 23.8 Å². The van der Waals surface area contributed by atoms with Crippen molar-refractivity contribution in [3.63, 3.8) is 0 Å². The summed E-state index contributed by atoms with van der Waals surface area (Å²) in [6, 6.07) is 10.6. The fraction of sp³-hybridized carbons (Fsp3) is 0.522. The average molecular weight is 502 g/mol. The number of benzene rings is 1. The molecule has 0 spiro atoms. The minimum Gasteiger partial charge on any atom is -0.394 e. The molecule has 2 aliphatic rings. The second-order valence-electron chi connectivity index (χ2n) is 8.90. The number of nitrogen functional groups attached to an aromatic ring is 1. The molecule has 12 heteroatoms. The van der Waals surface area contributed by atoms with Crippen molar-refractivity contribution in [3.05, 3.63) is 42.2 Å². The lowest BCUT2D eigenvalue weighted by molar-refractivity contribution is -0.0511. The first-order valence-electron chi connectivity index (χ1n) is 11.8. The summed E-state index contributed by atoms with van der Waals surface area (Å²) in [7, 11) is 0. The van der Waals surface area contributed by atoms with Crippen LogP contribution in [0.3, 0.4) is 0 Å². The van der Waals surface area contributed by atoms with Crippen LogP contribution < -0.4 is 5.73 Å². The number of thioether (sulfide) groups is 1. The Bertz CT molecular complexity index is 1130. The van der Waals surface area contributed by atoms with Crippen molar-refractivity contribution in [3.8, 4) is 0 Å². The van der Waals surface area contributed by atoms with Crippen LogP contribution in [0.25, 0.3) is 11.2 Å². The number of fused-ring (bicyclic) bond motifs is 1. The lowest BCUT2D eigenvalue weighted by Gasteiger charge is -2.34. The van der Waals surface area contributed by atoms with E-state index < -0.39 is 31.1 Å². The van der Waals surface area contributed by atoms with E-state index in [0.29, 0.717) is 16.3 Å². The molecule has 1 aromatic carbocycles. The number of piperazine rings is 1. The number of aliphatic hydroxyl groups is 3. The quantitative estimate of drug-likeness (QED) is 0.243. The highest BCUT2D eigenvalue weighted by molar-refractivity contribution is 7.99. The Kier molecular flexibility index (Phi) is 7.48. The molecule has 3 aromatic rings. The molecule has 2 aromatic heterocycles. The number of nitrogens with zero attached hydrogens (tertiary/aromatic N) is 6. The number of rotatable bonds is 8. The molecule has 11 nitrogen and oxygen atoms in total. The van der Waals surface area contributed by atoms with Crippen LogP contribution >= 0.6 is 11.8 Å². The van der Waals surface area contributed by atoms with Gasteiger partial charge in [0.05, 0.1) is 12.9 Å². The van der Waals surface area contributed by atoms with Crippen LogP contribution in [0, 0.1) is 0 Å². The number of ether oxygens (including phenoxy) is 1. The molecular weight excluding hydrogens is 470 g/mol. The number of imidazole rings is 1. The average Bonchev–Trinajstić information content (AvgIpc) is 3.42. The van der Waals surface area contributed by atoms with Crippen molar-refractivity contribution in [1.29, 1.82) is 0 Å². The molecule has 0 aliphatic carbocycles. The van der Waals surface area contributed by atoms with E-state index >= 15 is 0 Å². The van der Waals surface area contributed by atoms with Gasteiger partial charge in [-0.25, -0.2) is 15.0 Å². The van der Waals surface area contributed by atoms with Crippen molar-refractivity contribution in [2.75, 3.05) is 50.8 Å². The molecule has 5 N–H and O–H groups in total. The molecule has 5 rings (SSSR count). The predicted octanol–water partition coefficient (Wildman–Crippen LogP) is -0.0701. The molecule has 0 radical (unpaired) electrons. The highest BCUT2D eigenvalue weighted by Crippen LogP contribution is 2.32. The van der Waals surface area contributed by atoms with Gasteiger partial charge in [-0.2, -0.15) is 0 Å². The van der Waals surface area contributed by atoms with Crippen molar-refractivity contribution in [2.45, 2.75) is 36.2 Å². The van der Waals surface area contributed by atoms with E-state index in [-0.39, 0.29) is 5.82 Å². The summed E-state index contributed by atoms with van der Waals surface area (Å²) in [6.07, 6.45) is -2.78. The number of anilines is 1. The fourth-order valence-corrected chi connectivity index (χ4v) is 5.40. The highest BCUT2D eigenvalue weighted by Gasteiger charge is 2.44. The Hall–Kier alpha value is -2.32. The number of aromatic nitrogens is 4. The zero-order valence-electron chi connectivity index (χ0n) is 19.3. The van der Waals surface area contributed by atoms with Gasteiger partial charge in [0.25, 0.3) is 0 Å². The van der Waals surface area contributed by atoms with Gasteiger partial charge in [-0.3, -0.25) is 14.4 Å². The van der Waals surface area contributed by atoms with E-state index in [4.69, 9.17) is 10.5 Å². The number of nitrogens with two attached hydrogens (primary N) is 1. The normalized spacial score (nSPS) is 26.0. The van der Waals surface area contributed by atoms with E-state index in [2.05, 4.69) is 49.0 Å². The third-order valence-electron chi connectivity index (χ3n) is 6.57. The molecule has 2 unspecified atom stereocenters. The molecule has 0 bridgehead atoms. The maximum atomic E-state index is 10.4. The summed E-state index contributed by atoms with van der Waals surface area (Å²) in [5.41, 5.74) is 8.30. The van der Waals surface area contributed by atoms with Gasteiger partial charge in [-0.05, 0) is 5.56 Å². The summed E-state index contributed by atoms with van der Waals surface area (Å²) in [4.78, 5) is 18.2. The first kappa shape index (κ1) is 24.4. The minimum atomic E-state index is -1.22. The number of hydrogen-bond acceptors (Lipinski definition) is 11. The third kappa shape index (κ3) is 5.28. The molecule has 35 heavy (non-hydrogen) atoms. The number of hydrogen-bond donors (Lipinski definition) is 4. The van der Waals surface area contributed by atoms with E-state index in [9.17, 15) is 15.3 Å². The first-order valence-corrected chi connectivity index (χ1v) is 12.8. The number of aliphatic hydroxyl groups excluding tert-OH is 3. The summed E-state index contributed by atoms with van der Waals surface area (Å²) in [5, 5.41) is 30.4. The lowest BCUT2D eigenvalue weighted by atomic mass is 10.1. The van der Waals surface area contributed by atoms with Gasteiger partial charge in [0.15, 0.2) is 22.8 Å². The maximum absolute atomic E-state index is 10.4. The molecule has 0 saturated carbocycles. The maximum Gasteiger partial charge on any atom is 0.191 e. The molecular formula is C23H31N7O4S. The Morgan fingerprint density at radius 2 is 1.77 bits per heavy atom. The van der Waals surface area contributed by atoms with Crippen LogP contribution in [0.5, 0.6) is 0 Å². The van der Waals surface area contributed by atoms with Gasteiger partial charge in [0.2, 0.25) is 0 Å². The monoisotopic (exact) mass is 501 g/mol. The lowest BCUT2D eigenvalue weighted by Crippen LogP contribution is -2.46. The summed E-state index contributed by atoms with van der Waals surface area (Å²) in [6.45, 7) is 5.62. The van der Waals surface area contributed by atoms with Crippen molar-refractivity contribution < 1.29 is 20.1 Å². The standard InChI is InChI=1S/C23H31N7O4S/c24-20-17-21(30(14-25-17)22-19(33)18(32)16(13-31)34-22)27-23(26-20)35-11-10-28-6-8-29(9-7-28)12-15-4-2-1-3-5-15/h1-5,14,16,18-19,22,31-33H,6-13H2,(H2,24,26,27)/t16-,18?,19?,22-/m1/s1. The molecule has 188 valence electrons. The predicted molar refractivity (Wildman–Crippen MR) is 132 cm³/mol.